The van der Waals surface area contributed by atoms with E-state index in [1.54, 1.807) is 0 Å². The molecule has 0 spiro atoms. The standard InChI is InChI=1S/C6H5NO3.2K.2H2O2.O.V/c8-4-1-2-5(6(9)10)7-3-4;;;2*1-2;;/h1-3,9-10H;;;2*1-2H;;. The summed E-state index contributed by atoms with van der Waals surface area (Å²) in [7, 11) is 0. The molecule has 0 atom stereocenters. The van der Waals surface area contributed by atoms with Gasteiger partial charge < -0.3 is 10.2 Å². The van der Waals surface area contributed by atoms with E-state index in [9.17, 15) is 4.79 Å². The van der Waals surface area contributed by atoms with Gasteiger partial charge in [-0.2, -0.15) is 0 Å². The average molecular weight is 352 g/mol. The molecule has 0 aromatic heterocycles. The third-order valence-corrected chi connectivity index (χ3v) is 0.965. The van der Waals surface area contributed by atoms with Gasteiger partial charge in [0.1, 0.15) is 5.70 Å². The second-order valence-electron chi connectivity index (χ2n) is 1.70. The van der Waals surface area contributed by atoms with Crippen molar-refractivity contribution in [3.8, 4) is 0 Å². The average Bonchev–Trinajstić information content (AvgIpc) is 2.37. The van der Waals surface area contributed by atoms with Gasteiger partial charge in [0.25, 0.3) is 0 Å². The second-order valence-corrected chi connectivity index (χ2v) is 1.70. The van der Waals surface area contributed by atoms with E-state index in [4.69, 9.17) is 34.9 Å². The van der Waals surface area contributed by atoms with Crippen LogP contribution in [0.5, 0.6) is 0 Å². The molecule has 1 heterocycles. The van der Waals surface area contributed by atoms with Crippen LogP contribution in [0.3, 0.4) is 0 Å². The van der Waals surface area contributed by atoms with E-state index in [0.717, 1.165) is 23.6 Å². The molecule has 1 aliphatic rings. The molecule has 0 bridgehead atoms. The fraction of sp³-hybridized carbons (Fsp3) is 0. The number of dihydropyridines is 1. The van der Waals surface area contributed by atoms with Crippen molar-refractivity contribution >= 4 is 115 Å². The van der Waals surface area contributed by atoms with E-state index in [1.165, 1.54) is 12.2 Å². The number of carbonyl (C=O) groups is 1. The number of hydrogen-bond acceptors (Lipinski definition) is 9. The molecule has 93 valence electrons. The van der Waals surface area contributed by atoms with Crippen LogP contribution in [0.4, 0.5) is 0 Å². The molecule has 0 aromatic rings. The molecule has 6 N–H and O–H groups in total. The number of carbonyl (C=O) groups excluding carboxylic acids is 1. The van der Waals surface area contributed by atoms with Gasteiger partial charge in [-0.25, -0.2) is 4.99 Å². The first kappa shape index (κ1) is 32.0. The van der Waals surface area contributed by atoms with Crippen molar-refractivity contribution in [2.45, 2.75) is 0 Å². The predicted molar refractivity (Wildman–Crippen MR) is 57.6 cm³/mol. The van der Waals surface area contributed by atoms with E-state index in [1.807, 2.05) is 0 Å². The Kier molecular flexibility index (Phi) is 48.6. The second kappa shape index (κ2) is 27.3. The van der Waals surface area contributed by atoms with Crippen LogP contribution >= 0.6 is 0 Å². The number of aliphatic imine (C=N–C) groups is 1. The van der Waals surface area contributed by atoms with Crippen LogP contribution in [0.1, 0.15) is 0 Å². The Balaban J connectivity index is -0.0000000623. The van der Waals surface area contributed by atoms with Gasteiger partial charge >= 0.3 is 27.0 Å². The van der Waals surface area contributed by atoms with Gasteiger partial charge in [-0.3, -0.25) is 25.8 Å². The molecule has 1 aliphatic heterocycles. The molecule has 0 unspecified atom stereocenters. The monoisotopic (exact) mass is 352 g/mol. The van der Waals surface area contributed by atoms with Crippen molar-refractivity contribution in [1.82, 2.24) is 0 Å². The molecule has 0 amide bonds. The van der Waals surface area contributed by atoms with E-state index >= 15 is 0 Å². The van der Waals surface area contributed by atoms with E-state index < -0.39 is 5.95 Å². The van der Waals surface area contributed by atoms with Gasteiger partial charge in [-0.15, -0.1) is 0 Å². The van der Waals surface area contributed by atoms with Crippen molar-refractivity contribution in [3.63, 3.8) is 0 Å². The molecule has 12 heteroatoms. The van der Waals surface area contributed by atoms with Gasteiger partial charge in [0.2, 0.25) is 0 Å². The van der Waals surface area contributed by atoms with Crippen LogP contribution in [0.15, 0.2) is 28.8 Å². The Hall–Kier alpha value is 1.92. The van der Waals surface area contributed by atoms with Crippen molar-refractivity contribution in [1.29, 1.82) is 0 Å². The zero-order chi connectivity index (χ0) is 13.6. The molecular formula is C6H9K2NO8V. The zero-order valence-corrected chi connectivity index (χ0v) is 17.3. The van der Waals surface area contributed by atoms with Crippen LogP contribution in [0.2, 0.25) is 0 Å². The van der Waals surface area contributed by atoms with E-state index in [-0.39, 0.29) is 114 Å². The maximum atomic E-state index is 10.4. The number of rotatable bonds is 0. The first-order valence-electron chi connectivity index (χ1n) is 3.17. The van der Waals surface area contributed by atoms with Crippen LogP contribution in [0.25, 0.3) is 0 Å². The summed E-state index contributed by atoms with van der Waals surface area (Å²) in [4.78, 5) is 13.8. The van der Waals surface area contributed by atoms with Crippen LogP contribution in [-0.4, -0.2) is 146 Å². The number of nitrogens with zero attached hydrogens (tertiary/aromatic N) is 1. The van der Waals surface area contributed by atoms with Gasteiger partial charge in [0.15, 0.2) is 5.78 Å². The van der Waals surface area contributed by atoms with Crippen LogP contribution in [-0.2, 0) is 25.8 Å². The first-order chi connectivity index (χ1) is 7.70. The molecule has 0 saturated heterocycles. The Labute approximate surface area is 196 Å². The third-order valence-electron chi connectivity index (χ3n) is 0.965. The summed E-state index contributed by atoms with van der Waals surface area (Å²) in [6.07, 6.45) is 3.45. The summed E-state index contributed by atoms with van der Waals surface area (Å²) < 4.78 is 8.19. The molecule has 2 radical (unpaired) electrons. The summed E-state index contributed by atoms with van der Waals surface area (Å²) in [6, 6.07) is 0. The molecule has 9 nitrogen and oxygen atoms in total. The molecule has 0 fully saturated rings. The minimum absolute atomic E-state index is 0. The van der Waals surface area contributed by atoms with Crippen molar-refractivity contribution in [3.05, 3.63) is 23.8 Å². The van der Waals surface area contributed by atoms with Gasteiger partial charge in [-0.1, -0.05) is 0 Å². The zero-order valence-electron chi connectivity index (χ0n) is 9.63. The Morgan fingerprint density at radius 2 is 1.39 bits per heavy atom. The molecule has 0 aliphatic carbocycles. The minimum atomic E-state index is -0.875. The summed E-state index contributed by atoms with van der Waals surface area (Å²) in [5.74, 6) is -1.13. The number of hydrogen-bond donors (Lipinski definition) is 6. The number of aliphatic hydroxyl groups is 2. The quantitative estimate of drug-likeness (QED) is 0.149. The van der Waals surface area contributed by atoms with Crippen molar-refractivity contribution in [2.24, 2.45) is 4.99 Å². The summed E-state index contributed by atoms with van der Waals surface area (Å²) >= 11 is 1.06. The predicted octanol–water partition coefficient (Wildman–Crippen LogP) is -0.367. The van der Waals surface area contributed by atoms with Crippen molar-refractivity contribution < 1.29 is 57.1 Å². The molecule has 0 saturated carbocycles. The fourth-order valence-electron chi connectivity index (χ4n) is 0.513. The third kappa shape index (κ3) is 20.2. The Bertz CT molecular complexity index is 261. The van der Waals surface area contributed by atoms with Gasteiger partial charge in [0.05, 0.1) is 6.21 Å². The number of allylic oxidation sites excluding steroid dienone is 2. The van der Waals surface area contributed by atoms with E-state index in [2.05, 4.69) is 4.99 Å². The molecule has 0 aromatic carbocycles. The summed E-state index contributed by atoms with van der Waals surface area (Å²) in [5.41, 5.74) is -0.000370. The number of ketones is 1. The van der Waals surface area contributed by atoms with Crippen LogP contribution in [0, 0.1) is 0 Å². The summed E-state index contributed by atoms with van der Waals surface area (Å²) in [6.45, 7) is 0. The topological polar surface area (TPSA) is 168 Å². The van der Waals surface area contributed by atoms with E-state index in [0.29, 0.717) is 0 Å². The maximum absolute atomic E-state index is 10.4. The normalized spacial score (nSPS) is 9.72. The van der Waals surface area contributed by atoms with Crippen molar-refractivity contribution in [2.75, 3.05) is 0 Å². The summed E-state index contributed by atoms with van der Waals surface area (Å²) in [5, 5.41) is 40.8. The molecule has 1 rings (SSSR count). The first-order valence-corrected chi connectivity index (χ1v) is 3.74. The molecule has 18 heavy (non-hydrogen) atoms. The SMILES string of the molecule is O=C1C=CC(=C(O)O)N=C1.OO.OO.[K].[K].[O]=[V]. The Morgan fingerprint density at radius 3 is 1.61 bits per heavy atom. The van der Waals surface area contributed by atoms with Gasteiger partial charge in [0, 0.05) is 103 Å². The Morgan fingerprint density at radius 1 is 1.00 bits per heavy atom. The number of aliphatic hydroxyl groups excluding tert-OH is 1. The van der Waals surface area contributed by atoms with Gasteiger partial charge in [-0.05, 0) is 12.2 Å². The fourth-order valence-corrected chi connectivity index (χ4v) is 0.513. The molecular weight excluding hydrogens is 343 g/mol. The van der Waals surface area contributed by atoms with Crippen LogP contribution < -0.4 is 0 Å².